The first-order chi connectivity index (χ1) is 5.74. The van der Waals surface area contributed by atoms with E-state index in [1.54, 1.807) is 6.92 Å². The minimum atomic E-state index is -5.46. The molecule has 78 valence electrons. The van der Waals surface area contributed by atoms with E-state index in [1.807, 2.05) is 0 Å². The van der Waals surface area contributed by atoms with Crippen LogP contribution in [-0.4, -0.2) is 32.7 Å². The lowest BCUT2D eigenvalue weighted by Crippen LogP contribution is -2.27. The zero-order valence-corrected chi connectivity index (χ0v) is 7.35. The van der Waals surface area contributed by atoms with Crippen LogP contribution in [0.25, 0.3) is 0 Å². The zero-order chi connectivity index (χ0) is 10.3. The quantitative estimate of drug-likeness (QED) is 0.398. The fourth-order valence-corrected chi connectivity index (χ4v) is 1.08. The highest BCUT2D eigenvalue weighted by atomic mass is 32.2. The summed E-state index contributed by atoms with van der Waals surface area (Å²) >= 11 is 0. The van der Waals surface area contributed by atoms with Crippen molar-refractivity contribution < 1.29 is 30.5 Å². The average Bonchev–Trinajstić information content (AvgIpc) is 2.60. The van der Waals surface area contributed by atoms with E-state index < -0.39 is 28.3 Å². The van der Waals surface area contributed by atoms with Gasteiger partial charge < -0.3 is 4.74 Å². The molecule has 13 heavy (non-hydrogen) atoms. The van der Waals surface area contributed by atoms with Gasteiger partial charge in [-0.05, 0) is 6.92 Å². The molecule has 1 aliphatic heterocycles. The summed E-state index contributed by atoms with van der Waals surface area (Å²) in [5.74, 6) is 0. The summed E-state index contributed by atoms with van der Waals surface area (Å²) in [5, 5.41) is 0. The molecule has 0 bridgehead atoms. The highest BCUT2D eigenvalue weighted by Gasteiger charge is 2.48. The van der Waals surface area contributed by atoms with Crippen LogP contribution in [0.1, 0.15) is 6.92 Å². The van der Waals surface area contributed by atoms with Crippen LogP contribution in [0.15, 0.2) is 0 Å². The van der Waals surface area contributed by atoms with Gasteiger partial charge in [0.15, 0.2) is 0 Å². The second-order valence-electron chi connectivity index (χ2n) is 2.56. The first kappa shape index (κ1) is 10.7. The van der Waals surface area contributed by atoms with Gasteiger partial charge in [0.1, 0.15) is 6.10 Å². The van der Waals surface area contributed by atoms with Gasteiger partial charge in [-0.3, -0.25) is 4.18 Å². The Morgan fingerprint density at radius 2 is 1.92 bits per heavy atom. The lowest BCUT2D eigenvalue weighted by molar-refractivity contribution is -0.0544. The Morgan fingerprint density at radius 1 is 1.46 bits per heavy atom. The van der Waals surface area contributed by atoms with Crippen LogP contribution in [0.2, 0.25) is 0 Å². The second kappa shape index (κ2) is 3.10. The Labute approximate surface area is 72.8 Å². The Morgan fingerprint density at radius 3 is 2.23 bits per heavy atom. The maximum absolute atomic E-state index is 11.6. The SMILES string of the molecule is C[C@@H]1O[C@H]1COS(=O)(=O)C(F)(F)F. The molecular weight excluding hydrogens is 213 g/mol. The second-order valence-corrected chi connectivity index (χ2v) is 4.17. The van der Waals surface area contributed by atoms with Gasteiger partial charge in [-0.15, -0.1) is 0 Å². The smallest absolute Gasteiger partial charge is 0.367 e. The van der Waals surface area contributed by atoms with Crippen molar-refractivity contribution in [3.63, 3.8) is 0 Å². The molecule has 1 fully saturated rings. The fourth-order valence-electron chi connectivity index (χ4n) is 0.629. The fraction of sp³-hybridized carbons (Fsp3) is 1.00. The predicted octanol–water partition coefficient (Wildman–Crippen LogP) is 0.640. The topological polar surface area (TPSA) is 55.9 Å². The van der Waals surface area contributed by atoms with Crippen molar-refractivity contribution in [2.24, 2.45) is 0 Å². The Kier molecular flexibility index (Phi) is 2.56. The molecule has 0 aromatic heterocycles. The van der Waals surface area contributed by atoms with Crippen molar-refractivity contribution in [3.8, 4) is 0 Å². The van der Waals surface area contributed by atoms with Gasteiger partial charge in [0, 0.05) is 0 Å². The molecule has 0 N–H and O–H groups in total. The number of alkyl halides is 3. The van der Waals surface area contributed by atoms with E-state index in [0.29, 0.717) is 0 Å². The molecule has 4 nitrogen and oxygen atoms in total. The number of hydrogen-bond donors (Lipinski definition) is 0. The molecule has 0 spiro atoms. The molecule has 2 atom stereocenters. The molecule has 0 unspecified atom stereocenters. The van der Waals surface area contributed by atoms with E-state index in [2.05, 4.69) is 8.92 Å². The third-order valence-corrected chi connectivity index (χ3v) is 2.52. The van der Waals surface area contributed by atoms with Crippen LogP contribution in [0.5, 0.6) is 0 Å². The van der Waals surface area contributed by atoms with Gasteiger partial charge in [-0.2, -0.15) is 21.6 Å². The van der Waals surface area contributed by atoms with Crippen LogP contribution in [0.4, 0.5) is 13.2 Å². The summed E-state index contributed by atoms with van der Waals surface area (Å²) in [7, 11) is -5.46. The molecule has 0 amide bonds. The minimum absolute atomic E-state index is 0.233. The standard InChI is InChI=1S/C5H7F3O4S/c1-3-4(12-3)2-11-13(9,10)5(6,7)8/h3-4H,2H2,1H3/t3-,4-/m0/s1. The molecule has 1 aliphatic rings. The number of halogens is 3. The van der Waals surface area contributed by atoms with E-state index in [-0.39, 0.29) is 6.10 Å². The molecule has 0 aromatic carbocycles. The molecule has 0 saturated carbocycles. The summed E-state index contributed by atoms with van der Waals surface area (Å²) < 4.78 is 63.9. The molecule has 8 heteroatoms. The Balaban J connectivity index is 2.44. The van der Waals surface area contributed by atoms with E-state index in [0.717, 1.165) is 0 Å². The van der Waals surface area contributed by atoms with Crippen molar-refractivity contribution >= 4 is 10.1 Å². The van der Waals surface area contributed by atoms with Crippen LogP contribution < -0.4 is 0 Å². The van der Waals surface area contributed by atoms with Crippen molar-refractivity contribution in [1.82, 2.24) is 0 Å². The lowest BCUT2D eigenvalue weighted by atomic mass is 10.4. The molecule has 0 radical (unpaired) electrons. The van der Waals surface area contributed by atoms with Crippen LogP contribution >= 0.6 is 0 Å². The first-order valence-corrected chi connectivity index (χ1v) is 4.76. The third kappa shape index (κ3) is 2.55. The monoisotopic (exact) mass is 220 g/mol. The van der Waals surface area contributed by atoms with Crippen LogP contribution in [0.3, 0.4) is 0 Å². The van der Waals surface area contributed by atoms with Gasteiger partial charge in [-0.25, -0.2) is 0 Å². The largest absolute Gasteiger partial charge is 0.523 e. The van der Waals surface area contributed by atoms with Crippen LogP contribution in [-0.2, 0) is 19.0 Å². The van der Waals surface area contributed by atoms with Crippen molar-refractivity contribution in [3.05, 3.63) is 0 Å². The highest BCUT2D eigenvalue weighted by Crippen LogP contribution is 2.27. The maximum atomic E-state index is 11.6. The maximum Gasteiger partial charge on any atom is 0.523 e. The number of rotatable bonds is 3. The highest BCUT2D eigenvalue weighted by molar-refractivity contribution is 7.87. The van der Waals surface area contributed by atoms with E-state index >= 15 is 0 Å². The summed E-state index contributed by atoms with van der Waals surface area (Å²) in [6.07, 6.45) is -0.777. The summed E-state index contributed by atoms with van der Waals surface area (Å²) in [6.45, 7) is 1.03. The van der Waals surface area contributed by atoms with Crippen molar-refractivity contribution in [1.29, 1.82) is 0 Å². The molecule has 1 rings (SSSR count). The number of epoxide rings is 1. The van der Waals surface area contributed by atoms with Gasteiger partial charge in [0.2, 0.25) is 0 Å². The minimum Gasteiger partial charge on any atom is -0.367 e. The molecular formula is C5H7F3O4S. The number of hydrogen-bond acceptors (Lipinski definition) is 4. The van der Waals surface area contributed by atoms with Gasteiger partial charge in [0.05, 0.1) is 12.7 Å². The Bertz CT molecular complexity index is 283. The van der Waals surface area contributed by atoms with Gasteiger partial charge in [-0.1, -0.05) is 0 Å². The molecule has 0 aromatic rings. The van der Waals surface area contributed by atoms with Crippen LogP contribution in [0, 0.1) is 0 Å². The molecule has 1 saturated heterocycles. The normalized spacial score (nSPS) is 28.9. The third-order valence-electron chi connectivity index (χ3n) is 1.51. The zero-order valence-electron chi connectivity index (χ0n) is 6.54. The van der Waals surface area contributed by atoms with E-state index in [4.69, 9.17) is 0 Å². The van der Waals surface area contributed by atoms with Crippen molar-refractivity contribution in [2.45, 2.75) is 24.6 Å². The average molecular weight is 220 g/mol. The predicted molar refractivity (Wildman–Crippen MR) is 35.3 cm³/mol. The molecule has 1 heterocycles. The van der Waals surface area contributed by atoms with Gasteiger partial charge >= 0.3 is 15.6 Å². The summed E-state index contributed by atoms with van der Waals surface area (Å²) in [4.78, 5) is 0. The Hall–Kier alpha value is -0.340. The van der Waals surface area contributed by atoms with E-state index in [9.17, 15) is 21.6 Å². The lowest BCUT2D eigenvalue weighted by Gasteiger charge is -2.06. The van der Waals surface area contributed by atoms with Crippen molar-refractivity contribution in [2.75, 3.05) is 6.61 Å². The first-order valence-electron chi connectivity index (χ1n) is 3.35. The molecule has 0 aliphatic carbocycles. The summed E-state index contributed by atoms with van der Waals surface area (Å²) in [5.41, 5.74) is -5.36. The summed E-state index contributed by atoms with van der Waals surface area (Å²) in [6, 6.07) is 0. The van der Waals surface area contributed by atoms with E-state index in [1.165, 1.54) is 0 Å². The number of ether oxygens (including phenoxy) is 1. The van der Waals surface area contributed by atoms with Gasteiger partial charge in [0.25, 0.3) is 0 Å².